The predicted molar refractivity (Wildman–Crippen MR) is 106 cm³/mol. The lowest BCUT2D eigenvalue weighted by Gasteiger charge is -2.30. The number of anilines is 1. The molecular formula is C19H33N5O. The summed E-state index contributed by atoms with van der Waals surface area (Å²) in [5, 5.41) is 9.13. The molecule has 0 unspecified atom stereocenters. The van der Waals surface area contributed by atoms with E-state index in [1.807, 2.05) is 30.3 Å². The normalized spacial score (nSPS) is 11.9. The minimum absolute atomic E-state index is 0.0973. The van der Waals surface area contributed by atoms with Crippen molar-refractivity contribution in [3.63, 3.8) is 0 Å². The van der Waals surface area contributed by atoms with Gasteiger partial charge in [0.1, 0.15) is 0 Å². The Balaban J connectivity index is 2.27. The third kappa shape index (κ3) is 8.54. The van der Waals surface area contributed by atoms with Crippen LogP contribution in [-0.2, 0) is 4.79 Å². The number of carbonyl (C=O) groups is 1. The molecular weight excluding hydrogens is 314 g/mol. The Morgan fingerprint density at radius 1 is 1.08 bits per heavy atom. The number of benzene rings is 1. The second-order valence-corrected chi connectivity index (χ2v) is 6.55. The molecule has 0 aliphatic heterocycles. The minimum Gasteiger partial charge on any atom is -0.356 e. The molecule has 0 radical (unpaired) electrons. The summed E-state index contributed by atoms with van der Waals surface area (Å²) in [5.74, 6) is 0.545. The molecule has 0 saturated carbocycles. The van der Waals surface area contributed by atoms with Gasteiger partial charge in [-0.2, -0.15) is 0 Å². The van der Waals surface area contributed by atoms with Gasteiger partial charge in [-0.3, -0.25) is 14.7 Å². The van der Waals surface area contributed by atoms with Crippen LogP contribution in [0.4, 0.5) is 5.69 Å². The standard InChI is InChI=1S/C19H33N5O/c1-15(2)24(16(3)4)13-9-12-21-19(20-5)22-14-18(25)23-17-10-7-6-8-11-17/h6-8,10-11,15-16H,9,12-14H2,1-5H3,(H,23,25)(H2,20,21,22). The van der Waals surface area contributed by atoms with E-state index < -0.39 is 0 Å². The van der Waals surface area contributed by atoms with E-state index in [-0.39, 0.29) is 12.5 Å². The van der Waals surface area contributed by atoms with E-state index in [1.165, 1.54) is 0 Å². The number of rotatable bonds is 9. The van der Waals surface area contributed by atoms with Crippen LogP contribution in [0, 0.1) is 0 Å². The monoisotopic (exact) mass is 347 g/mol. The van der Waals surface area contributed by atoms with Gasteiger partial charge in [-0.15, -0.1) is 0 Å². The molecule has 1 aromatic rings. The first kappa shape index (κ1) is 21.0. The number of amides is 1. The number of nitrogens with zero attached hydrogens (tertiary/aromatic N) is 2. The molecule has 1 amide bonds. The van der Waals surface area contributed by atoms with Crippen molar-refractivity contribution in [1.82, 2.24) is 15.5 Å². The minimum atomic E-state index is -0.0973. The Bertz CT molecular complexity index is 520. The molecule has 0 aromatic heterocycles. The highest BCUT2D eigenvalue weighted by atomic mass is 16.1. The summed E-state index contributed by atoms with van der Waals surface area (Å²) < 4.78 is 0. The number of guanidine groups is 1. The fourth-order valence-corrected chi connectivity index (χ4v) is 2.69. The molecule has 1 aromatic carbocycles. The number of nitrogens with one attached hydrogen (secondary N) is 3. The van der Waals surface area contributed by atoms with Crippen molar-refractivity contribution >= 4 is 17.6 Å². The fourth-order valence-electron chi connectivity index (χ4n) is 2.69. The highest BCUT2D eigenvalue weighted by molar-refractivity contribution is 5.94. The van der Waals surface area contributed by atoms with Gasteiger partial charge in [0, 0.05) is 37.9 Å². The molecule has 0 aliphatic carbocycles. The van der Waals surface area contributed by atoms with Crippen LogP contribution < -0.4 is 16.0 Å². The number of carbonyl (C=O) groups excluding carboxylic acids is 1. The summed E-state index contributed by atoms with van der Waals surface area (Å²) in [7, 11) is 1.71. The van der Waals surface area contributed by atoms with E-state index in [1.54, 1.807) is 7.05 Å². The molecule has 6 nitrogen and oxygen atoms in total. The van der Waals surface area contributed by atoms with E-state index in [4.69, 9.17) is 0 Å². The van der Waals surface area contributed by atoms with Crippen molar-refractivity contribution in [2.45, 2.75) is 46.2 Å². The number of hydrogen-bond acceptors (Lipinski definition) is 3. The average molecular weight is 348 g/mol. The molecule has 140 valence electrons. The zero-order valence-electron chi connectivity index (χ0n) is 16.2. The van der Waals surface area contributed by atoms with E-state index in [0.717, 1.165) is 25.2 Å². The van der Waals surface area contributed by atoms with E-state index in [0.29, 0.717) is 18.0 Å². The lowest BCUT2D eigenvalue weighted by Crippen LogP contribution is -2.43. The van der Waals surface area contributed by atoms with Gasteiger partial charge >= 0.3 is 0 Å². The Hall–Kier alpha value is -2.08. The summed E-state index contributed by atoms with van der Waals surface area (Å²) in [4.78, 5) is 18.6. The van der Waals surface area contributed by atoms with Gasteiger partial charge in [-0.1, -0.05) is 18.2 Å². The highest BCUT2D eigenvalue weighted by Crippen LogP contribution is 2.05. The number of aliphatic imine (C=N–C) groups is 1. The lowest BCUT2D eigenvalue weighted by molar-refractivity contribution is -0.115. The van der Waals surface area contributed by atoms with Crippen molar-refractivity contribution in [1.29, 1.82) is 0 Å². The smallest absolute Gasteiger partial charge is 0.243 e. The molecule has 0 saturated heterocycles. The maximum Gasteiger partial charge on any atom is 0.243 e. The third-order valence-electron chi connectivity index (χ3n) is 3.91. The largest absolute Gasteiger partial charge is 0.356 e. The Morgan fingerprint density at radius 2 is 1.72 bits per heavy atom. The Morgan fingerprint density at radius 3 is 2.28 bits per heavy atom. The molecule has 25 heavy (non-hydrogen) atoms. The molecule has 0 bridgehead atoms. The molecule has 0 fully saturated rings. The average Bonchev–Trinajstić information content (AvgIpc) is 2.57. The quantitative estimate of drug-likeness (QED) is 0.364. The van der Waals surface area contributed by atoms with Gasteiger partial charge in [0.15, 0.2) is 5.96 Å². The van der Waals surface area contributed by atoms with Crippen molar-refractivity contribution in [3.8, 4) is 0 Å². The van der Waals surface area contributed by atoms with Crippen LogP contribution in [0.3, 0.4) is 0 Å². The summed E-state index contributed by atoms with van der Waals surface area (Å²) >= 11 is 0. The van der Waals surface area contributed by atoms with Crippen molar-refractivity contribution < 1.29 is 4.79 Å². The molecule has 0 spiro atoms. The first-order valence-corrected chi connectivity index (χ1v) is 8.99. The van der Waals surface area contributed by atoms with Crippen molar-refractivity contribution in [2.75, 3.05) is 32.0 Å². The molecule has 0 heterocycles. The fraction of sp³-hybridized carbons (Fsp3) is 0.579. The topological polar surface area (TPSA) is 68.8 Å². The summed E-state index contributed by atoms with van der Waals surface area (Å²) in [6.45, 7) is 10.9. The van der Waals surface area contributed by atoms with Crippen molar-refractivity contribution in [3.05, 3.63) is 30.3 Å². The predicted octanol–water partition coefficient (Wildman–Crippen LogP) is 2.30. The summed E-state index contributed by atoms with van der Waals surface area (Å²) in [6, 6.07) is 10.5. The van der Waals surface area contributed by atoms with Crippen LogP contribution in [0.2, 0.25) is 0 Å². The summed E-state index contributed by atoms with van der Waals surface area (Å²) in [5.41, 5.74) is 0.791. The zero-order valence-corrected chi connectivity index (χ0v) is 16.2. The molecule has 1 rings (SSSR count). The molecule has 6 heteroatoms. The van der Waals surface area contributed by atoms with Gasteiger partial charge < -0.3 is 16.0 Å². The van der Waals surface area contributed by atoms with Crippen LogP contribution in [-0.4, -0.2) is 55.5 Å². The first-order valence-electron chi connectivity index (χ1n) is 8.99. The van der Waals surface area contributed by atoms with Gasteiger partial charge in [-0.25, -0.2) is 0 Å². The van der Waals surface area contributed by atoms with Gasteiger partial charge in [-0.05, 0) is 46.2 Å². The molecule has 0 aliphatic rings. The van der Waals surface area contributed by atoms with Crippen molar-refractivity contribution in [2.24, 2.45) is 4.99 Å². The van der Waals surface area contributed by atoms with E-state index >= 15 is 0 Å². The third-order valence-corrected chi connectivity index (χ3v) is 3.91. The number of para-hydroxylation sites is 1. The number of hydrogen-bond donors (Lipinski definition) is 3. The van der Waals surface area contributed by atoms with Gasteiger partial charge in [0.25, 0.3) is 0 Å². The van der Waals surface area contributed by atoms with Gasteiger partial charge in [0.05, 0.1) is 6.54 Å². The van der Waals surface area contributed by atoms with E-state index in [2.05, 4.69) is 53.5 Å². The lowest BCUT2D eigenvalue weighted by atomic mass is 10.2. The van der Waals surface area contributed by atoms with Gasteiger partial charge in [0.2, 0.25) is 5.91 Å². The second kappa shape index (κ2) is 11.5. The SMILES string of the molecule is CN=C(NCCCN(C(C)C)C(C)C)NCC(=O)Nc1ccccc1. The maximum absolute atomic E-state index is 11.9. The van der Waals surface area contributed by atoms with Crippen LogP contribution in [0.5, 0.6) is 0 Å². The van der Waals surface area contributed by atoms with Crippen LogP contribution >= 0.6 is 0 Å². The van der Waals surface area contributed by atoms with Crippen LogP contribution in [0.15, 0.2) is 35.3 Å². The second-order valence-electron chi connectivity index (χ2n) is 6.55. The van der Waals surface area contributed by atoms with Crippen LogP contribution in [0.1, 0.15) is 34.1 Å². The Kier molecular flexibility index (Phi) is 9.62. The highest BCUT2D eigenvalue weighted by Gasteiger charge is 2.12. The maximum atomic E-state index is 11.9. The molecule has 0 atom stereocenters. The molecule has 3 N–H and O–H groups in total. The Labute approximate surface area is 152 Å². The summed E-state index contributed by atoms with van der Waals surface area (Å²) in [6.07, 6.45) is 1.02. The zero-order chi connectivity index (χ0) is 18.7. The first-order chi connectivity index (χ1) is 11.9. The van der Waals surface area contributed by atoms with E-state index in [9.17, 15) is 4.79 Å². The van der Waals surface area contributed by atoms with Crippen LogP contribution in [0.25, 0.3) is 0 Å².